The zero-order chi connectivity index (χ0) is 14.8. The molecular formula is C15H18N4OS. The maximum Gasteiger partial charge on any atom is 0.284 e. The van der Waals surface area contributed by atoms with Crippen molar-refractivity contribution in [2.24, 2.45) is 0 Å². The van der Waals surface area contributed by atoms with Gasteiger partial charge in [0.05, 0.1) is 17.1 Å². The smallest absolute Gasteiger partial charge is 0.284 e. The average molecular weight is 302 g/mol. The number of para-hydroxylation sites is 2. The first-order valence-electron chi connectivity index (χ1n) is 6.92. The molecule has 0 spiro atoms. The first-order valence-corrected chi connectivity index (χ1v) is 7.74. The van der Waals surface area contributed by atoms with Gasteiger partial charge in [0.1, 0.15) is 0 Å². The van der Waals surface area contributed by atoms with E-state index in [0.717, 1.165) is 36.6 Å². The molecule has 1 aromatic heterocycles. The number of benzene rings is 1. The predicted octanol–water partition coefficient (Wildman–Crippen LogP) is 2.43. The summed E-state index contributed by atoms with van der Waals surface area (Å²) in [5.74, 6) is -0.139. The second kappa shape index (κ2) is 5.83. The third-order valence-electron chi connectivity index (χ3n) is 3.56. The highest BCUT2D eigenvalue weighted by Crippen LogP contribution is 2.26. The number of hydrogen-bond donors (Lipinski definition) is 2. The van der Waals surface area contributed by atoms with Gasteiger partial charge in [0, 0.05) is 31.4 Å². The fraction of sp³-hybridized carbons (Fsp3) is 0.333. The molecule has 6 heteroatoms. The van der Waals surface area contributed by atoms with Crippen LogP contribution in [0, 0.1) is 0 Å². The quantitative estimate of drug-likeness (QED) is 0.914. The molecule has 2 heterocycles. The van der Waals surface area contributed by atoms with E-state index in [4.69, 9.17) is 0 Å². The molecule has 2 N–H and O–H groups in total. The van der Waals surface area contributed by atoms with Crippen LogP contribution in [0.1, 0.15) is 20.4 Å². The zero-order valence-corrected chi connectivity index (χ0v) is 13.0. The highest BCUT2D eigenvalue weighted by Gasteiger charge is 2.21. The Morgan fingerprint density at radius 3 is 2.86 bits per heavy atom. The van der Waals surface area contributed by atoms with Crippen molar-refractivity contribution < 1.29 is 4.79 Å². The number of aromatic nitrogens is 1. The molecule has 1 aliphatic rings. The summed E-state index contributed by atoms with van der Waals surface area (Å²) in [6, 6.07) is 7.64. The Bertz CT molecular complexity index is 667. The van der Waals surface area contributed by atoms with E-state index >= 15 is 0 Å². The first kappa shape index (κ1) is 14.0. The molecule has 21 heavy (non-hydrogen) atoms. The van der Waals surface area contributed by atoms with Crippen molar-refractivity contribution in [2.45, 2.75) is 13.0 Å². The minimum atomic E-state index is -0.139. The number of fused-ring (bicyclic) bond motifs is 1. The van der Waals surface area contributed by atoms with Gasteiger partial charge in [-0.15, -0.1) is 11.3 Å². The lowest BCUT2D eigenvalue weighted by atomic mass is 10.2. The van der Waals surface area contributed by atoms with Crippen molar-refractivity contribution in [3.05, 3.63) is 39.8 Å². The Labute approximate surface area is 128 Å². The molecule has 0 saturated heterocycles. The molecule has 5 nitrogen and oxygen atoms in total. The van der Waals surface area contributed by atoms with Crippen LogP contribution >= 0.6 is 11.3 Å². The Morgan fingerprint density at radius 1 is 1.33 bits per heavy atom. The third-order valence-corrected chi connectivity index (χ3v) is 4.64. The van der Waals surface area contributed by atoms with Crippen molar-refractivity contribution in [3.8, 4) is 0 Å². The number of carbonyl (C=O) groups excluding carboxylic acids is 1. The standard InChI is InChI=1S/C15H18N4OS/c1-16-10-5-3-4-6-11(10)17-14(20)15-18-12-7-8-19(2)9-13(12)21-15/h3-6,16H,7-9H2,1-2H3,(H,17,20). The van der Waals surface area contributed by atoms with E-state index in [2.05, 4.69) is 27.6 Å². The lowest BCUT2D eigenvalue weighted by Crippen LogP contribution is -2.25. The van der Waals surface area contributed by atoms with Crippen LogP contribution in [0.4, 0.5) is 11.4 Å². The van der Waals surface area contributed by atoms with Crippen LogP contribution in [0.2, 0.25) is 0 Å². The molecular weight excluding hydrogens is 284 g/mol. The van der Waals surface area contributed by atoms with E-state index in [1.54, 1.807) is 0 Å². The van der Waals surface area contributed by atoms with Crippen LogP contribution in [-0.2, 0) is 13.0 Å². The lowest BCUT2D eigenvalue weighted by molar-refractivity contribution is 0.102. The number of nitrogens with zero attached hydrogens (tertiary/aromatic N) is 2. The second-order valence-electron chi connectivity index (χ2n) is 5.13. The summed E-state index contributed by atoms with van der Waals surface area (Å²) < 4.78 is 0. The Kier molecular flexibility index (Phi) is 3.90. The maximum atomic E-state index is 12.4. The van der Waals surface area contributed by atoms with Crippen LogP contribution in [0.25, 0.3) is 0 Å². The summed E-state index contributed by atoms with van der Waals surface area (Å²) in [5.41, 5.74) is 2.74. The van der Waals surface area contributed by atoms with E-state index in [-0.39, 0.29) is 5.91 Å². The fourth-order valence-corrected chi connectivity index (χ4v) is 3.49. The van der Waals surface area contributed by atoms with Crippen molar-refractivity contribution in [3.63, 3.8) is 0 Å². The summed E-state index contributed by atoms with van der Waals surface area (Å²) in [5, 5.41) is 6.54. The van der Waals surface area contributed by atoms with E-state index < -0.39 is 0 Å². The van der Waals surface area contributed by atoms with Gasteiger partial charge in [-0.1, -0.05) is 12.1 Å². The van der Waals surface area contributed by atoms with Crippen LogP contribution in [-0.4, -0.2) is 36.4 Å². The third kappa shape index (κ3) is 2.91. The van der Waals surface area contributed by atoms with Gasteiger partial charge in [-0.25, -0.2) is 4.98 Å². The van der Waals surface area contributed by atoms with Crippen LogP contribution in [0.5, 0.6) is 0 Å². The SMILES string of the molecule is CNc1ccccc1NC(=O)c1nc2c(s1)CN(C)CC2. The number of carbonyl (C=O) groups is 1. The molecule has 0 fully saturated rings. The van der Waals surface area contributed by atoms with Crippen molar-refractivity contribution in [1.82, 2.24) is 9.88 Å². The van der Waals surface area contributed by atoms with Gasteiger partial charge in [-0.2, -0.15) is 0 Å². The van der Waals surface area contributed by atoms with Crippen molar-refractivity contribution in [2.75, 3.05) is 31.3 Å². The number of rotatable bonds is 3. The van der Waals surface area contributed by atoms with Crippen molar-refractivity contribution >= 4 is 28.6 Å². The zero-order valence-electron chi connectivity index (χ0n) is 12.1. The van der Waals surface area contributed by atoms with Gasteiger partial charge in [-0.3, -0.25) is 4.79 Å². The molecule has 1 amide bonds. The Morgan fingerprint density at radius 2 is 2.10 bits per heavy atom. The summed E-state index contributed by atoms with van der Waals surface area (Å²) in [4.78, 5) is 20.3. The van der Waals surface area contributed by atoms with Gasteiger partial charge >= 0.3 is 0 Å². The lowest BCUT2D eigenvalue weighted by Gasteiger charge is -2.20. The molecule has 3 rings (SSSR count). The predicted molar refractivity (Wildman–Crippen MR) is 86.1 cm³/mol. The molecule has 0 unspecified atom stereocenters. The molecule has 0 atom stereocenters. The normalized spacial score (nSPS) is 14.6. The highest BCUT2D eigenvalue weighted by molar-refractivity contribution is 7.13. The molecule has 110 valence electrons. The fourth-order valence-electron chi connectivity index (χ4n) is 2.41. The highest BCUT2D eigenvalue weighted by atomic mass is 32.1. The number of anilines is 2. The largest absolute Gasteiger partial charge is 0.386 e. The summed E-state index contributed by atoms with van der Waals surface area (Å²) in [6.45, 7) is 1.88. The van der Waals surface area contributed by atoms with E-state index in [1.165, 1.54) is 16.2 Å². The Hall–Kier alpha value is -1.92. The minimum Gasteiger partial charge on any atom is -0.386 e. The second-order valence-corrected chi connectivity index (χ2v) is 6.21. The van der Waals surface area contributed by atoms with Gasteiger partial charge < -0.3 is 15.5 Å². The molecule has 0 aliphatic carbocycles. The van der Waals surface area contributed by atoms with Crippen LogP contribution < -0.4 is 10.6 Å². The van der Waals surface area contributed by atoms with Gasteiger partial charge in [0.2, 0.25) is 0 Å². The molecule has 1 aliphatic heterocycles. The maximum absolute atomic E-state index is 12.4. The first-order chi connectivity index (χ1) is 10.2. The number of thiazole rings is 1. The van der Waals surface area contributed by atoms with Crippen LogP contribution in [0.3, 0.4) is 0 Å². The molecule has 0 saturated carbocycles. The summed E-state index contributed by atoms with van der Waals surface area (Å²) in [7, 11) is 3.93. The topological polar surface area (TPSA) is 57.3 Å². The number of hydrogen-bond acceptors (Lipinski definition) is 5. The monoisotopic (exact) mass is 302 g/mol. The van der Waals surface area contributed by atoms with Crippen molar-refractivity contribution in [1.29, 1.82) is 0 Å². The summed E-state index contributed by atoms with van der Waals surface area (Å²) >= 11 is 1.49. The molecule has 0 bridgehead atoms. The average Bonchev–Trinajstić information content (AvgIpc) is 2.91. The summed E-state index contributed by atoms with van der Waals surface area (Å²) in [6.07, 6.45) is 0.919. The number of nitrogens with one attached hydrogen (secondary N) is 2. The number of likely N-dealkylation sites (N-methyl/N-ethyl adjacent to an activating group) is 1. The van der Waals surface area contributed by atoms with Gasteiger partial charge in [-0.05, 0) is 19.2 Å². The number of amides is 1. The van der Waals surface area contributed by atoms with E-state index in [9.17, 15) is 4.79 Å². The Balaban J connectivity index is 1.80. The minimum absolute atomic E-state index is 0.139. The molecule has 2 aromatic rings. The van der Waals surface area contributed by atoms with E-state index in [1.807, 2.05) is 31.3 Å². The van der Waals surface area contributed by atoms with Gasteiger partial charge in [0.25, 0.3) is 5.91 Å². The van der Waals surface area contributed by atoms with E-state index in [0.29, 0.717) is 5.01 Å². The van der Waals surface area contributed by atoms with Gasteiger partial charge in [0.15, 0.2) is 5.01 Å². The molecule has 0 radical (unpaired) electrons. The van der Waals surface area contributed by atoms with Crippen LogP contribution in [0.15, 0.2) is 24.3 Å². The molecule has 1 aromatic carbocycles.